The van der Waals surface area contributed by atoms with Gasteiger partial charge in [-0.3, -0.25) is 9.69 Å². The van der Waals surface area contributed by atoms with Crippen LogP contribution >= 0.6 is 0 Å². The van der Waals surface area contributed by atoms with E-state index in [2.05, 4.69) is 81.7 Å². The first-order valence-corrected chi connectivity index (χ1v) is 35.9. The lowest BCUT2D eigenvalue weighted by Gasteiger charge is -2.30. The number of carbonyl (C=O) groups is 1. The third-order valence-electron chi connectivity index (χ3n) is 15.2. The topological polar surface area (TPSA) is 107 Å². The normalized spacial score (nSPS) is 15.7. The van der Waals surface area contributed by atoms with Crippen LogP contribution in [0.3, 0.4) is 0 Å². The second-order valence-corrected chi connectivity index (χ2v) is 35.1. The summed E-state index contributed by atoms with van der Waals surface area (Å²) in [5, 5.41) is 16.9. The molecular formula is C60H91FN6O5Si2. The first kappa shape index (κ1) is 57.5. The fourth-order valence-electron chi connectivity index (χ4n) is 10.6. The number of nitrogens with zero attached hydrogens (tertiary/aromatic N) is 6. The molecule has 2 aromatic heterocycles. The van der Waals surface area contributed by atoms with Crippen LogP contribution in [0.4, 0.5) is 4.39 Å². The first-order valence-electron chi connectivity index (χ1n) is 28.5. The highest BCUT2D eigenvalue weighted by molar-refractivity contribution is 6.76. The molecule has 1 fully saturated rings. The fraction of sp³-hybridized carbons (Fsp3) is 0.617. The molecule has 14 heteroatoms. The van der Waals surface area contributed by atoms with Gasteiger partial charge in [0.1, 0.15) is 25.8 Å². The predicted octanol–water partition coefficient (Wildman–Crippen LogP) is 14.1. The summed E-state index contributed by atoms with van der Waals surface area (Å²) < 4.78 is 39.3. The highest BCUT2D eigenvalue weighted by atomic mass is 28.3. The van der Waals surface area contributed by atoms with Crippen LogP contribution in [-0.4, -0.2) is 94.7 Å². The Bertz CT molecular complexity index is 2570. The highest BCUT2D eigenvalue weighted by Gasteiger charge is 2.39. The van der Waals surface area contributed by atoms with E-state index in [4.69, 9.17) is 24.3 Å². The third-order valence-corrected chi connectivity index (χ3v) is 18.6. The van der Waals surface area contributed by atoms with Crippen molar-refractivity contribution in [1.29, 1.82) is 0 Å². The molecule has 1 amide bonds. The van der Waals surface area contributed by atoms with E-state index in [1.54, 1.807) is 6.07 Å². The summed E-state index contributed by atoms with van der Waals surface area (Å²) in [6, 6.07) is 19.4. The number of halogens is 1. The van der Waals surface area contributed by atoms with Gasteiger partial charge in [-0.25, -0.2) is 14.1 Å². The van der Waals surface area contributed by atoms with Gasteiger partial charge in [0.25, 0.3) is 0 Å². The van der Waals surface area contributed by atoms with E-state index < -0.39 is 28.1 Å². The summed E-state index contributed by atoms with van der Waals surface area (Å²) in [4.78, 5) is 24.2. The van der Waals surface area contributed by atoms with Gasteiger partial charge in [-0.2, -0.15) is 5.10 Å². The summed E-state index contributed by atoms with van der Waals surface area (Å²) in [6.07, 6.45) is 16.9. The van der Waals surface area contributed by atoms with Crippen molar-refractivity contribution in [3.05, 3.63) is 88.5 Å². The molecule has 1 N–H and O–H groups in total. The maximum absolute atomic E-state index is 16.1. The number of hydrogen-bond acceptors (Lipinski definition) is 8. The average Bonchev–Trinajstić information content (AvgIpc) is 4.16. The number of aliphatic hydroxyl groups excluding tert-OH is 1. The lowest BCUT2D eigenvalue weighted by Crippen LogP contribution is -2.46. The van der Waals surface area contributed by atoms with Crippen LogP contribution in [0.2, 0.25) is 51.4 Å². The van der Waals surface area contributed by atoms with Crippen LogP contribution in [0.5, 0.6) is 5.75 Å². The minimum Gasteiger partial charge on any atom is -0.486 e. The Morgan fingerprint density at radius 1 is 0.824 bits per heavy atom. The van der Waals surface area contributed by atoms with Gasteiger partial charge in [-0.15, -0.1) is 0 Å². The number of ether oxygens (including phenoxy) is 3. The van der Waals surface area contributed by atoms with Crippen LogP contribution in [-0.2, 0) is 53.8 Å². The number of unbranched alkanes of at least 4 members (excludes halogenated alkanes) is 11. The standard InChI is InChI=1S/C60H91FN6O5Si2/c1-10-12-13-14-15-16-17-18-19-20-21-25-28-53(60(69)64-30-29-49(68)39-64)65-40-52-55(41-65)66(43-70-31-33-73(4,5)6)59(62-52)58-57-45(3)35-48(36-54(57)67(63-58)44-71-32-34-74(7,8)9)50-38-51(61)56(37-47(50)11-2)72-42-46-26-23-22-24-27-46/h22-24,26-27,35-38,49,53,68H,10-21,25,28-34,39-44H2,1-9H3/t49-,53-/m0/s1. The average molecular weight is 1050 g/mol. The minimum absolute atomic E-state index is 0.124. The van der Waals surface area contributed by atoms with Crippen molar-refractivity contribution in [2.75, 3.05) is 26.3 Å². The smallest absolute Gasteiger partial charge is 0.240 e. The Morgan fingerprint density at radius 2 is 1.47 bits per heavy atom. The third kappa shape index (κ3) is 15.9. The lowest BCUT2D eigenvalue weighted by molar-refractivity contribution is -0.137. The lowest BCUT2D eigenvalue weighted by atomic mass is 9.94. The van der Waals surface area contributed by atoms with Crippen molar-refractivity contribution < 1.29 is 28.5 Å². The van der Waals surface area contributed by atoms with E-state index in [0.29, 0.717) is 59.0 Å². The van der Waals surface area contributed by atoms with Crippen molar-refractivity contribution in [3.63, 3.8) is 0 Å². The number of amides is 1. The summed E-state index contributed by atoms with van der Waals surface area (Å²) in [7, 11) is -2.74. The van der Waals surface area contributed by atoms with E-state index in [0.717, 1.165) is 93.0 Å². The Morgan fingerprint density at radius 3 is 2.09 bits per heavy atom. The molecule has 0 radical (unpaired) electrons. The largest absolute Gasteiger partial charge is 0.486 e. The van der Waals surface area contributed by atoms with Gasteiger partial charge in [0, 0.05) is 60.9 Å². The highest BCUT2D eigenvalue weighted by Crippen LogP contribution is 2.40. The zero-order valence-electron chi connectivity index (χ0n) is 46.9. The molecule has 5 aromatic rings. The predicted molar refractivity (Wildman–Crippen MR) is 305 cm³/mol. The number of aryl methyl sites for hydroxylation is 2. The molecule has 406 valence electrons. The molecule has 0 aliphatic carbocycles. The van der Waals surface area contributed by atoms with Gasteiger partial charge in [0.2, 0.25) is 5.91 Å². The van der Waals surface area contributed by atoms with E-state index >= 15 is 4.39 Å². The summed E-state index contributed by atoms with van der Waals surface area (Å²) >= 11 is 0. The van der Waals surface area contributed by atoms with Crippen molar-refractivity contribution in [2.45, 2.75) is 214 Å². The molecule has 1 saturated heterocycles. The summed E-state index contributed by atoms with van der Waals surface area (Å²) in [5.41, 5.74) is 8.37. The number of benzene rings is 3. The van der Waals surface area contributed by atoms with Gasteiger partial charge in [0.15, 0.2) is 17.4 Å². The van der Waals surface area contributed by atoms with E-state index in [9.17, 15) is 9.90 Å². The number of aromatic nitrogens is 4. The number of fused-ring (bicyclic) bond motifs is 2. The molecule has 74 heavy (non-hydrogen) atoms. The molecule has 0 bridgehead atoms. The van der Waals surface area contributed by atoms with Crippen molar-refractivity contribution >= 4 is 33.0 Å². The summed E-state index contributed by atoms with van der Waals surface area (Å²) in [6.45, 7) is 24.9. The Balaban J connectivity index is 1.18. The van der Waals surface area contributed by atoms with Gasteiger partial charge >= 0.3 is 0 Å². The molecule has 3 aromatic carbocycles. The second kappa shape index (κ2) is 27.2. The zero-order valence-corrected chi connectivity index (χ0v) is 48.9. The molecule has 2 aliphatic rings. The number of hydrogen-bond donors (Lipinski definition) is 1. The monoisotopic (exact) mass is 1050 g/mol. The first-order chi connectivity index (χ1) is 35.5. The van der Waals surface area contributed by atoms with Crippen molar-refractivity contribution in [1.82, 2.24) is 29.1 Å². The SMILES string of the molecule is CCCCCCCCCCCCCC[C@@H](C(=O)N1CC[C@H](O)C1)N1Cc2nc(-c3nn(COCC[Si](C)(C)C)c4cc(-c5cc(F)c(OCc6ccccc6)cc5CC)cc(C)c34)n(COCC[Si](C)(C)C)c2C1. The molecule has 11 nitrogen and oxygen atoms in total. The zero-order chi connectivity index (χ0) is 52.8. The van der Waals surface area contributed by atoms with Gasteiger partial charge < -0.3 is 28.8 Å². The molecule has 0 unspecified atom stereocenters. The van der Waals surface area contributed by atoms with E-state index in [-0.39, 0.29) is 31.0 Å². The Hall–Kier alpha value is -4.19. The number of imidazole rings is 1. The van der Waals surface area contributed by atoms with Crippen LogP contribution in [0.1, 0.15) is 132 Å². The fourth-order valence-corrected chi connectivity index (χ4v) is 12.1. The van der Waals surface area contributed by atoms with Gasteiger partial charge in [0.05, 0.1) is 29.1 Å². The molecule has 7 rings (SSSR count). The minimum atomic E-state index is -1.38. The second-order valence-electron chi connectivity index (χ2n) is 23.9. The maximum atomic E-state index is 16.1. The maximum Gasteiger partial charge on any atom is 0.240 e. The number of β-amino-alcohol motifs (C(OH)–C–C–N with tert-alkyl or cyclic N) is 1. The number of aliphatic hydroxyl groups is 1. The summed E-state index contributed by atoms with van der Waals surface area (Å²) in [5.74, 6) is 0.719. The van der Waals surface area contributed by atoms with Gasteiger partial charge in [-0.05, 0) is 84.3 Å². The number of rotatable bonds is 31. The van der Waals surface area contributed by atoms with E-state index in [1.165, 1.54) is 64.2 Å². The van der Waals surface area contributed by atoms with Crippen LogP contribution < -0.4 is 4.74 Å². The van der Waals surface area contributed by atoms with Crippen molar-refractivity contribution in [2.24, 2.45) is 0 Å². The molecule has 2 atom stereocenters. The quantitative estimate of drug-likeness (QED) is 0.0345. The van der Waals surface area contributed by atoms with Gasteiger partial charge in [-0.1, -0.05) is 167 Å². The van der Waals surface area contributed by atoms with Crippen LogP contribution in [0.25, 0.3) is 33.5 Å². The van der Waals surface area contributed by atoms with E-state index in [1.807, 2.05) is 46.0 Å². The van der Waals surface area contributed by atoms with Crippen LogP contribution in [0.15, 0.2) is 54.6 Å². The molecule has 2 aliphatic heterocycles. The molecule has 0 spiro atoms. The number of carbonyl (C=O) groups excluding carboxylic acids is 1. The molecule has 0 saturated carbocycles. The Kier molecular flexibility index (Phi) is 21.2. The Labute approximate surface area is 445 Å². The molecular weight excluding hydrogens is 960 g/mol. The number of likely N-dealkylation sites (tertiary alicyclic amines) is 1. The van der Waals surface area contributed by atoms with Crippen molar-refractivity contribution in [3.8, 4) is 28.4 Å². The molecule has 4 heterocycles. The van der Waals surface area contributed by atoms with Crippen LogP contribution in [0, 0.1) is 12.7 Å².